The molecule has 2 heterocycles. The third-order valence-corrected chi connectivity index (χ3v) is 4.42. The quantitative estimate of drug-likeness (QED) is 0.898. The van der Waals surface area contributed by atoms with Crippen LogP contribution in [0, 0.1) is 0 Å². The minimum atomic E-state index is -0.557. The number of hydrogen-bond acceptors (Lipinski definition) is 4. The van der Waals surface area contributed by atoms with Crippen molar-refractivity contribution >= 4 is 17.7 Å². The summed E-state index contributed by atoms with van der Waals surface area (Å²) in [7, 11) is 0. The average Bonchev–Trinajstić information content (AvgIpc) is 3.05. The van der Waals surface area contributed by atoms with Gasteiger partial charge in [0.1, 0.15) is 5.60 Å². The predicted octanol–water partition coefficient (Wildman–Crippen LogP) is 3.37. The van der Waals surface area contributed by atoms with Crippen LogP contribution in [0.5, 0.6) is 0 Å². The number of hydrogen-bond donors (Lipinski definition) is 1. The first-order valence-corrected chi connectivity index (χ1v) is 9.21. The van der Waals surface area contributed by atoms with Gasteiger partial charge in [0.25, 0.3) is 5.91 Å². The first kappa shape index (κ1) is 18.9. The Kier molecular flexibility index (Phi) is 5.21. The number of carbonyl (C=O) groups excluding carboxylic acids is 2. The van der Waals surface area contributed by atoms with Gasteiger partial charge in [-0.3, -0.25) is 9.89 Å². The second-order valence-corrected chi connectivity index (χ2v) is 7.57. The molecule has 2 aromatic rings. The summed E-state index contributed by atoms with van der Waals surface area (Å²) in [5.41, 5.74) is 2.30. The molecule has 7 nitrogen and oxygen atoms in total. The molecule has 0 aliphatic carbocycles. The smallest absolute Gasteiger partial charge is 0.410 e. The summed E-state index contributed by atoms with van der Waals surface area (Å²) in [5, 5.41) is 7.23. The second-order valence-electron chi connectivity index (χ2n) is 7.57. The molecule has 0 saturated carbocycles. The van der Waals surface area contributed by atoms with E-state index in [2.05, 4.69) is 10.2 Å². The highest BCUT2D eigenvalue weighted by Gasteiger charge is 2.31. The van der Waals surface area contributed by atoms with Gasteiger partial charge in [0.2, 0.25) is 0 Å². The minimum absolute atomic E-state index is 0.174. The Morgan fingerprint density at radius 1 is 1.26 bits per heavy atom. The van der Waals surface area contributed by atoms with Gasteiger partial charge in [0, 0.05) is 36.5 Å². The fourth-order valence-corrected chi connectivity index (χ4v) is 3.13. The third-order valence-electron chi connectivity index (χ3n) is 4.42. The number of nitrogens with zero attached hydrogens (tertiary/aromatic N) is 3. The van der Waals surface area contributed by atoms with Crippen molar-refractivity contribution in [2.24, 2.45) is 0 Å². The molecule has 0 spiro atoms. The van der Waals surface area contributed by atoms with Gasteiger partial charge in [0.15, 0.2) is 5.69 Å². The van der Waals surface area contributed by atoms with Gasteiger partial charge in [-0.1, -0.05) is 18.2 Å². The fraction of sp³-hybridized carbons (Fsp3) is 0.450. The molecule has 3 rings (SSSR count). The molecule has 0 atom stereocenters. The number of H-pyrrole nitrogens is 1. The lowest BCUT2D eigenvalue weighted by molar-refractivity contribution is 0.0222. The number of ether oxygens (including phenoxy) is 1. The van der Waals surface area contributed by atoms with Crippen molar-refractivity contribution in [1.82, 2.24) is 15.1 Å². The Morgan fingerprint density at radius 3 is 2.59 bits per heavy atom. The minimum Gasteiger partial charge on any atom is -0.444 e. The summed E-state index contributed by atoms with van der Waals surface area (Å²) in [6, 6.07) is 9.50. The summed E-state index contributed by atoms with van der Waals surface area (Å²) in [5.74, 6) is -0.174. The maximum atomic E-state index is 13.1. The normalized spacial score (nSPS) is 13.9. The Bertz CT molecular complexity index is 823. The van der Waals surface area contributed by atoms with Crippen molar-refractivity contribution in [3.63, 3.8) is 0 Å². The predicted molar refractivity (Wildman–Crippen MR) is 103 cm³/mol. The molecule has 1 aliphatic heterocycles. The first-order chi connectivity index (χ1) is 12.8. The molecular weight excluding hydrogens is 344 g/mol. The van der Waals surface area contributed by atoms with Crippen molar-refractivity contribution in [3.8, 4) is 0 Å². The number of carbonyl (C=O) groups is 2. The molecule has 2 amide bonds. The number of anilines is 1. The summed E-state index contributed by atoms with van der Waals surface area (Å²) in [6.45, 7) is 8.82. The molecule has 0 saturated heterocycles. The van der Waals surface area contributed by atoms with Gasteiger partial charge < -0.3 is 14.5 Å². The number of aromatic amines is 1. The number of aromatic nitrogens is 2. The van der Waals surface area contributed by atoms with E-state index in [9.17, 15) is 9.59 Å². The van der Waals surface area contributed by atoms with Crippen LogP contribution in [-0.4, -0.2) is 45.8 Å². The molecule has 27 heavy (non-hydrogen) atoms. The Balaban J connectivity index is 1.83. The van der Waals surface area contributed by atoms with E-state index in [1.807, 2.05) is 58.0 Å². The zero-order valence-electron chi connectivity index (χ0n) is 16.3. The molecule has 0 unspecified atom stereocenters. The third kappa shape index (κ3) is 4.13. The van der Waals surface area contributed by atoms with Crippen LogP contribution in [0.15, 0.2) is 30.3 Å². The monoisotopic (exact) mass is 370 g/mol. The molecule has 0 bridgehead atoms. The van der Waals surface area contributed by atoms with Crippen LogP contribution in [0.25, 0.3) is 0 Å². The number of nitrogens with one attached hydrogen (secondary N) is 1. The zero-order chi connectivity index (χ0) is 19.6. The van der Waals surface area contributed by atoms with Crippen LogP contribution in [0.2, 0.25) is 0 Å². The van der Waals surface area contributed by atoms with Gasteiger partial charge in [-0.05, 0) is 39.8 Å². The van der Waals surface area contributed by atoms with Crippen LogP contribution in [0.1, 0.15) is 49.4 Å². The molecule has 1 N–H and O–H groups in total. The number of fused-ring (bicyclic) bond motifs is 1. The van der Waals surface area contributed by atoms with Crippen molar-refractivity contribution in [2.75, 3.05) is 18.0 Å². The lowest BCUT2D eigenvalue weighted by Gasteiger charge is -2.30. The summed E-state index contributed by atoms with van der Waals surface area (Å²) in [6.07, 6.45) is 0.245. The Morgan fingerprint density at radius 2 is 1.96 bits per heavy atom. The Hall–Kier alpha value is -2.83. The summed E-state index contributed by atoms with van der Waals surface area (Å²) in [4.78, 5) is 28.8. The van der Waals surface area contributed by atoms with E-state index in [1.54, 1.807) is 9.80 Å². The van der Waals surface area contributed by atoms with Crippen LogP contribution in [-0.2, 0) is 17.7 Å². The highest BCUT2D eigenvalue weighted by atomic mass is 16.6. The molecule has 7 heteroatoms. The van der Waals surface area contributed by atoms with E-state index in [1.165, 1.54) is 0 Å². The maximum Gasteiger partial charge on any atom is 0.410 e. The Labute approximate surface area is 159 Å². The van der Waals surface area contributed by atoms with E-state index in [4.69, 9.17) is 4.74 Å². The van der Waals surface area contributed by atoms with E-state index in [0.717, 1.165) is 16.9 Å². The van der Waals surface area contributed by atoms with Crippen molar-refractivity contribution in [2.45, 2.75) is 46.3 Å². The summed E-state index contributed by atoms with van der Waals surface area (Å²) >= 11 is 0. The van der Waals surface area contributed by atoms with Crippen LogP contribution in [0.4, 0.5) is 10.5 Å². The van der Waals surface area contributed by atoms with E-state index >= 15 is 0 Å². The second kappa shape index (κ2) is 7.42. The van der Waals surface area contributed by atoms with Crippen molar-refractivity contribution in [3.05, 3.63) is 47.3 Å². The maximum absolute atomic E-state index is 13.1. The number of amides is 2. The van der Waals surface area contributed by atoms with Crippen LogP contribution < -0.4 is 4.90 Å². The number of benzene rings is 1. The van der Waals surface area contributed by atoms with Gasteiger partial charge in [-0.15, -0.1) is 0 Å². The van der Waals surface area contributed by atoms with Gasteiger partial charge >= 0.3 is 6.09 Å². The van der Waals surface area contributed by atoms with E-state index < -0.39 is 5.60 Å². The zero-order valence-corrected chi connectivity index (χ0v) is 16.3. The molecule has 1 aliphatic rings. The van der Waals surface area contributed by atoms with Gasteiger partial charge in [0.05, 0.1) is 6.54 Å². The summed E-state index contributed by atoms with van der Waals surface area (Å²) < 4.78 is 5.47. The standard InChI is InChI=1S/C20H26N4O3/c1-5-24(14-9-7-6-8-10-14)18(25)17-15-13-23(12-11-16(15)21-22-17)19(26)27-20(2,3)4/h6-10H,5,11-13H2,1-4H3,(H,21,22). The lowest BCUT2D eigenvalue weighted by atomic mass is 10.0. The van der Waals surface area contributed by atoms with Crippen LogP contribution >= 0.6 is 0 Å². The van der Waals surface area contributed by atoms with Crippen LogP contribution in [0.3, 0.4) is 0 Å². The molecule has 144 valence electrons. The largest absolute Gasteiger partial charge is 0.444 e. The molecule has 1 aromatic carbocycles. The number of para-hydroxylation sites is 1. The van der Waals surface area contributed by atoms with E-state index in [0.29, 0.717) is 31.7 Å². The molecule has 0 fully saturated rings. The highest BCUT2D eigenvalue weighted by Crippen LogP contribution is 2.25. The molecule has 0 radical (unpaired) electrons. The van der Waals surface area contributed by atoms with Crippen molar-refractivity contribution < 1.29 is 14.3 Å². The lowest BCUT2D eigenvalue weighted by Crippen LogP contribution is -2.40. The first-order valence-electron chi connectivity index (χ1n) is 9.21. The topological polar surface area (TPSA) is 78.5 Å². The van der Waals surface area contributed by atoms with E-state index in [-0.39, 0.29) is 12.0 Å². The van der Waals surface area contributed by atoms with Gasteiger partial charge in [-0.2, -0.15) is 5.10 Å². The SMILES string of the molecule is CCN(C(=O)c1n[nH]c2c1CN(C(=O)OC(C)(C)C)CC2)c1ccccc1. The van der Waals surface area contributed by atoms with Crippen molar-refractivity contribution in [1.29, 1.82) is 0 Å². The van der Waals surface area contributed by atoms with Gasteiger partial charge in [-0.25, -0.2) is 4.79 Å². The molecule has 1 aromatic heterocycles. The highest BCUT2D eigenvalue weighted by molar-refractivity contribution is 6.05. The molecular formula is C20H26N4O3. The fourth-order valence-electron chi connectivity index (χ4n) is 3.13. The average molecular weight is 370 g/mol. The number of rotatable bonds is 3.